The van der Waals surface area contributed by atoms with Crippen molar-refractivity contribution in [3.05, 3.63) is 29.8 Å². The van der Waals surface area contributed by atoms with Crippen molar-refractivity contribution in [2.24, 2.45) is 0 Å². The minimum absolute atomic E-state index is 0.0183. The number of hydrogen-bond acceptors (Lipinski definition) is 7. The number of carbonyl (C=O) groups is 1. The maximum Gasteiger partial charge on any atom is 0.409 e. The van der Waals surface area contributed by atoms with Crippen LogP contribution in [0.2, 0.25) is 0 Å². The number of benzene rings is 1. The number of thioether (sulfide) groups is 1. The summed E-state index contributed by atoms with van der Waals surface area (Å²) in [4.78, 5) is 10.5. The number of nitrogens with zero attached hydrogens (tertiary/aromatic N) is 1. The van der Waals surface area contributed by atoms with Gasteiger partial charge in [-0.25, -0.2) is 4.79 Å². The minimum atomic E-state index is -0.570. The van der Waals surface area contributed by atoms with Gasteiger partial charge in [0.25, 0.3) is 0 Å². The Morgan fingerprint density at radius 2 is 1.88 bits per heavy atom. The van der Waals surface area contributed by atoms with Crippen LogP contribution in [-0.4, -0.2) is 46.7 Å². The molecule has 0 aliphatic rings. The molecule has 0 unspecified atom stereocenters. The summed E-state index contributed by atoms with van der Waals surface area (Å²) in [5, 5.41) is 12.0. The van der Waals surface area contributed by atoms with Crippen molar-refractivity contribution in [3.63, 3.8) is 0 Å². The van der Waals surface area contributed by atoms with E-state index in [9.17, 15) is 4.79 Å². The number of terminal acetylenes is 1. The second-order valence-electron chi connectivity index (χ2n) is 4.23. The number of amides is 1. The number of aryl methyl sites for hydroxylation is 1. The van der Waals surface area contributed by atoms with E-state index in [0.717, 1.165) is 23.9 Å². The molecule has 1 aromatic carbocycles. The van der Waals surface area contributed by atoms with E-state index >= 15 is 0 Å². The maximum atomic E-state index is 10.5. The summed E-state index contributed by atoms with van der Waals surface area (Å²) in [7, 11) is 4.70. The van der Waals surface area contributed by atoms with E-state index < -0.39 is 6.09 Å². The molecule has 7 nitrogen and oxygen atoms in total. The number of ether oxygens (including phenoxy) is 4. The Balaban J connectivity index is 0. The molecule has 0 fully saturated rings. The number of carbonyl (C=O) groups excluding carboxylic acids is 1. The number of nitrogens with one attached hydrogen (secondary N) is 1. The van der Waals surface area contributed by atoms with Crippen LogP contribution in [0, 0.1) is 23.0 Å². The molecule has 0 aromatic heterocycles. The Bertz CT molecular complexity index is 515. The van der Waals surface area contributed by atoms with Gasteiger partial charge in [0.15, 0.2) is 6.61 Å². The highest BCUT2D eigenvalue weighted by atomic mass is 32.2. The molecule has 0 radical (unpaired) electrons. The number of alkyl carbamates (subject to hydrolysis) is 1. The normalized spacial score (nSPS) is 8.38. The first-order valence-electron chi connectivity index (χ1n) is 7.55. The van der Waals surface area contributed by atoms with Gasteiger partial charge in [-0.1, -0.05) is 25.0 Å². The molecule has 1 aromatic rings. The van der Waals surface area contributed by atoms with Gasteiger partial charge in [-0.2, -0.15) is 5.26 Å². The SMILES string of the molecule is C#CCOC(=O)NCOC.CCc1ccc(OC)cc1.COCSC#N. The molecule has 144 valence electrons. The molecule has 1 rings (SSSR count). The Morgan fingerprint density at radius 3 is 2.27 bits per heavy atom. The average Bonchev–Trinajstić information content (AvgIpc) is 2.70. The lowest BCUT2D eigenvalue weighted by molar-refractivity contribution is 0.129. The highest BCUT2D eigenvalue weighted by Crippen LogP contribution is 2.10. The van der Waals surface area contributed by atoms with Gasteiger partial charge in [-0.15, -0.1) is 6.42 Å². The van der Waals surface area contributed by atoms with Gasteiger partial charge in [0, 0.05) is 14.2 Å². The summed E-state index contributed by atoms with van der Waals surface area (Å²) in [6.07, 6.45) is 5.34. The summed E-state index contributed by atoms with van der Waals surface area (Å²) in [5.41, 5.74) is 1.35. The van der Waals surface area contributed by atoms with Crippen LogP contribution in [0.25, 0.3) is 0 Å². The molecule has 0 bridgehead atoms. The first-order chi connectivity index (χ1) is 12.6. The molecule has 0 aliphatic heterocycles. The third-order valence-electron chi connectivity index (χ3n) is 2.46. The molecule has 26 heavy (non-hydrogen) atoms. The van der Waals surface area contributed by atoms with Crippen molar-refractivity contribution < 1.29 is 23.7 Å². The first-order valence-corrected chi connectivity index (χ1v) is 8.53. The fourth-order valence-corrected chi connectivity index (χ4v) is 1.41. The topological polar surface area (TPSA) is 89.8 Å². The first kappa shape index (κ1) is 25.8. The van der Waals surface area contributed by atoms with Gasteiger partial charge in [-0.3, -0.25) is 5.32 Å². The Labute approximate surface area is 160 Å². The van der Waals surface area contributed by atoms with Crippen LogP contribution in [0.4, 0.5) is 4.79 Å². The van der Waals surface area contributed by atoms with Crippen LogP contribution < -0.4 is 10.1 Å². The van der Waals surface area contributed by atoms with Crippen LogP contribution in [-0.2, 0) is 20.6 Å². The van der Waals surface area contributed by atoms with Crippen LogP contribution in [0.15, 0.2) is 24.3 Å². The van der Waals surface area contributed by atoms with Crippen molar-refractivity contribution in [1.82, 2.24) is 5.32 Å². The van der Waals surface area contributed by atoms with Crippen molar-refractivity contribution in [1.29, 1.82) is 5.26 Å². The molecule has 1 N–H and O–H groups in total. The van der Waals surface area contributed by atoms with Crippen molar-refractivity contribution >= 4 is 17.9 Å². The summed E-state index contributed by atoms with van der Waals surface area (Å²) >= 11 is 1.09. The van der Waals surface area contributed by atoms with E-state index in [1.165, 1.54) is 12.7 Å². The van der Waals surface area contributed by atoms with E-state index in [0.29, 0.717) is 5.94 Å². The molecule has 0 aliphatic carbocycles. The van der Waals surface area contributed by atoms with Crippen LogP contribution >= 0.6 is 11.8 Å². The van der Waals surface area contributed by atoms with Crippen LogP contribution in [0.1, 0.15) is 12.5 Å². The molecule has 0 saturated heterocycles. The molecular weight excluding hydrogens is 356 g/mol. The van der Waals surface area contributed by atoms with Crippen molar-refractivity contribution in [2.45, 2.75) is 13.3 Å². The predicted molar refractivity (Wildman–Crippen MR) is 103 cm³/mol. The van der Waals surface area contributed by atoms with Gasteiger partial charge < -0.3 is 18.9 Å². The van der Waals surface area contributed by atoms with Crippen molar-refractivity contribution in [3.8, 4) is 23.5 Å². The fourth-order valence-electron chi connectivity index (χ4n) is 1.24. The molecule has 1 amide bonds. The highest BCUT2D eigenvalue weighted by molar-refractivity contribution is 8.03. The van der Waals surface area contributed by atoms with E-state index in [2.05, 4.69) is 44.5 Å². The van der Waals surface area contributed by atoms with E-state index in [1.807, 2.05) is 17.5 Å². The third-order valence-corrected chi connectivity index (χ3v) is 2.94. The maximum absolute atomic E-state index is 10.5. The average molecular weight is 382 g/mol. The van der Waals surface area contributed by atoms with Crippen LogP contribution in [0.3, 0.4) is 0 Å². The highest BCUT2D eigenvalue weighted by Gasteiger charge is 1.96. The lowest BCUT2D eigenvalue weighted by Crippen LogP contribution is -2.26. The Kier molecular flexibility index (Phi) is 20.5. The number of hydrogen-bond donors (Lipinski definition) is 1. The van der Waals surface area contributed by atoms with E-state index in [1.54, 1.807) is 14.2 Å². The number of rotatable bonds is 7. The van der Waals surface area contributed by atoms with E-state index in [-0.39, 0.29) is 13.3 Å². The predicted octanol–water partition coefficient (Wildman–Crippen LogP) is 3.01. The lowest BCUT2D eigenvalue weighted by Gasteiger charge is -2.01. The molecule has 8 heteroatoms. The zero-order chi connectivity index (χ0) is 20.0. The van der Waals surface area contributed by atoms with E-state index in [4.69, 9.17) is 16.4 Å². The standard InChI is InChI=1S/C9H12O.C6H9NO3.C3H5NOS/c1-3-8-4-6-9(10-2)7-5-8;1-3-4-10-6(8)7-5-9-2;1-5-3-6-2-4/h4-7H,3H2,1-2H3;1H,4-5H2,2H3,(H,7,8);3H2,1H3. The minimum Gasteiger partial charge on any atom is -0.497 e. The largest absolute Gasteiger partial charge is 0.497 e. The molecule has 0 saturated carbocycles. The Morgan fingerprint density at radius 1 is 1.23 bits per heavy atom. The summed E-state index contributed by atoms with van der Waals surface area (Å²) in [6, 6.07) is 8.13. The zero-order valence-corrected chi connectivity index (χ0v) is 16.4. The molecule has 0 atom stereocenters. The molecular formula is C18H26N2O5S. The van der Waals surface area contributed by atoms with Crippen molar-refractivity contribution in [2.75, 3.05) is 40.6 Å². The lowest BCUT2D eigenvalue weighted by atomic mass is 10.2. The van der Waals surface area contributed by atoms with Gasteiger partial charge in [0.1, 0.15) is 23.8 Å². The fraction of sp³-hybridized carbons (Fsp3) is 0.444. The second kappa shape index (κ2) is 20.7. The smallest absolute Gasteiger partial charge is 0.409 e. The monoisotopic (exact) mass is 382 g/mol. The van der Waals surface area contributed by atoms with Gasteiger partial charge in [-0.05, 0) is 35.9 Å². The van der Waals surface area contributed by atoms with Gasteiger partial charge in [0.05, 0.1) is 7.11 Å². The number of thiocyanates is 1. The van der Waals surface area contributed by atoms with Gasteiger partial charge in [0.2, 0.25) is 0 Å². The molecule has 0 heterocycles. The number of methoxy groups -OCH3 is 3. The summed E-state index contributed by atoms with van der Waals surface area (Å²) in [6.45, 7) is 2.25. The quantitative estimate of drug-likeness (QED) is 0.335. The number of nitriles is 1. The third kappa shape index (κ3) is 18.0. The van der Waals surface area contributed by atoms with Gasteiger partial charge >= 0.3 is 6.09 Å². The van der Waals surface area contributed by atoms with Crippen LogP contribution in [0.5, 0.6) is 5.75 Å². The summed E-state index contributed by atoms with van der Waals surface area (Å²) in [5.74, 6) is 3.55. The zero-order valence-electron chi connectivity index (χ0n) is 15.6. The second-order valence-corrected chi connectivity index (χ2v) is 4.94. The Hall–Kier alpha value is -2.39. The molecule has 0 spiro atoms. The summed E-state index contributed by atoms with van der Waals surface area (Å²) < 4.78 is 18.5.